The average molecular weight is 263 g/mol. The number of imidazole rings is 1. The summed E-state index contributed by atoms with van der Waals surface area (Å²) in [6.45, 7) is 5.97. The Morgan fingerprint density at radius 1 is 1.47 bits per heavy atom. The van der Waals surface area contributed by atoms with Crippen molar-refractivity contribution in [1.29, 1.82) is 0 Å². The van der Waals surface area contributed by atoms with Crippen molar-refractivity contribution < 1.29 is 4.39 Å². The van der Waals surface area contributed by atoms with Crippen LogP contribution in [0.4, 0.5) is 4.39 Å². The number of hydrogen-bond donors (Lipinski definition) is 1. The summed E-state index contributed by atoms with van der Waals surface area (Å²) >= 11 is 0. The van der Waals surface area contributed by atoms with E-state index in [1.807, 2.05) is 0 Å². The molecular weight excluding hydrogens is 245 g/mol. The lowest BCUT2D eigenvalue weighted by Crippen LogP contribution is -2.25. The molecule has 5 heteroatoms. The number of aromatic amines is 1. The van der Waals surface area contributed by atoms with Gasteiger partial charge in [0.1, 0.15) is 5.82 Å². The SMILES string of the molecule is CCN1CCC(Cn2c(=O)[nH]c3ccc(F)cc32)C1. The molecule has 1 saturated heterocycles. The normalized spacial score (nSPS) is 20.4. The maximum Gasteiger partial charge on any atom is 0.326 e. The maximum atomic E-state index is 13.3. The first-order valence-corrected chi connectivity index (χ1v) is 6.78. The van der Waals surface area contributed by atoms with Gasteiger partial charge in [0.05, 0.1) is 11.0 Å². The molecule has 1 N–H and O–H groups in total. The van der Waals surface area contributed by atoms with E-state index >= 15 is 0 Å². The fourth-order valence-electron chi connectivity index (χ4n) is 2.91. The molecule has 1 aromatic heterocycles. The highest BCUT2D eigenvalue weighted by atomic mass is 19.1. The molecule has 1 fully saturated rings. The maximum absolute atomic E-state index is 13.3. The Morgan fingerprint density at radius 3 is 3.05 bits per heavy atom. The van der Waals surface area contributed by atoms with Crippen molar-refractivity contribution in [1.82, 2.24) is 14.5 Å². The zero-order valence-electron chi connectivity index (χ0n) is 11.0. The van der Waals surface area contributed by atoms with Crippen LogP contribution in [0.5, 0.6) is 0 Å². The first-order chi connectivity index (χ1) is 9.17. The van der Waals surface area contributed by atoms with E-state index in [0.29, 0.717) is 23.5 Å². The van der Waals surface area contributed by atoms with Crippen LogP contribution in [0.1, 0.15) is 13.3 Å². The van der Waals surface area contributed by atoms with Crippen LogP contribution in [0, 0.1) is 11.7 Å². The second kappa shape index (κ2) is 4.81. The summed E-state index contributed by atoms with van der Waals surface area (Å²) in [5.41, 5.74) is 1.23. The smallest absolute Gasteiger partial charge is 0.306 e. The fraction of sp³-hybridized carbons (Fsp3) is 0.500. The van der Waals surface area contributed by atoms with Gasteiger partial charge in [0.15, 0.2) is 0 Å². The largest absolute Gasteiger partial charge is 0.326 e. The number of fused-ring (bicyclic) bond motifs is 1. The number of nitrogens with one attached hydrogen (secondary N) is 1. The number of aromatic nitrogens is 2. The lowest BCUT2D eigenvalue weighted by molar-refractivity contribution is 0.333. The van der Waals surface area contributed by atoms with Crippen molar-refractivity contribution in [3.05, 3.63) is 34.5 Å². The van der Waals surface area contributed by atoms with E-state index in [2.05, 4.69) is 16.8 Å². The molecule has 0 bridgehead atoms. The van der Waals surface area contributed by atoms with Crippen LogP contribution in [0.25, 0.3) is 11.0 Å². The molecule has 1 aliphatic rings. The Balaban J connectivity index is 1.90. The quantitative estimate of drug-likeness (QED) is 0.917. The Kier molecular flexibility index (Phi) is 3.14. The highest BCUT2D eigenvalue weighted by molar-refractivity contribution is 5.75. The number of H-pyrrole nitrogens is 1. The minimum atomic E-state index is -0.304. The molecule has 0 saturated carbocycles. The lowest BCUT2D eigenvalue weighted by atomic mass is 10.1. The van der Waals surface area contributed by atoms with Crippen LogP contribution >= 0.6 is 0 Å². The van der Waals surface area contributed by atoms with Gasteiger partial charge in [-0.1, -0.05) is 6.92 Å². The summed E-state index contributed by atoms with van der Waals surface area (Å²) in [7, 11) is 0. The summed E-state index contributed by atoms with van der Waals surface area (Å²) < 4.78 is 15.0. The molecule has 1 atom stereocenters. The highest BCUT2D eigenvalue weighted by Crippen LogP contribution is 2.19. The van der Waals surface area contributed by atoms with E-state index in [-0.39, 0.29) is 11.5 Å². The van der Waals surface area contributed by atoms with Gasteiger partial charge in [0.2, 0.25) is 0 Å². The Morgan fingerprint density at radius 2 is 2.32 bits per heavy atom. The molecule has 3 rings (SSSR count). The van der Waals surface area contributed by atoms with E-state index in [1.54, 1.807) is 10.6 Å². The third-order valence-electron chi connectivity index (χ3n) is 4.00. The van der Waals surface area contributed by atoms with E-state index in [1.165, 1.54) is 12.1 Å². The van der Waals surface area contributed by atoms with Gasteiger partial charge in [-0.25, -0.2) is 9.18 Å². The monoisotopic (exact) mass is 263 g/mol. The number of likely N-dealkylation sites (tertiary alicyclic amines) is 1. The summed E-state index contributed by atoms with van der Waals surface area (Å²) in [4.78, 5) is 17.1. The van der Waals surface area contributed by atoms with Crippen LogP contribution in [0.15, 0.2) is 23.0 Å². The standard InChI is InChI=1S/C14H18FN3O/c1-2-17-6-5-10(8-17)9-18-13-7-11(15)3-4-12(13)16-14(18)19/h3-4,7,10H,2,5-6,8-9H2,1H3,(H,16,19). The minimum Gasteiger partial charge on any atom is -0.306 e. The van der Waals surface area contributed by atoms with Crippen molar-refractivity contribution in [2.75, 3.05) is 19.6 Å². The Bertz CT molecular complexity index is 646. The van der Waals surface area contributed by atoms with Gasteiger partial charge in [-0.15, -0.1) is 0 Å². The minimum absolute atomic E-state index is 0.143. The zero-order chi connectivity index (χ0) is 13.4. The average Bonchev–Trinajstić information content (AvgIpc) is 2.96. The molecule has 19 heavy (non-hydrogen) atoms. The molecule has 0 amide bonds. The number of rotatable bonds is 3. The van der Waals surface area contributed by atoms with Crippen LogP contribution in [0.3, 0.4) is 0 Å². The molecule has 0 spiro atoms. The zero-order valence-corrected chi connectivity index (χ0v) is 11.0. The van der Waals surface area contributed by atoms with Crippen LogP contribution in [-0.2, 0) is 6.54 Å². The first-order valence-electron chi connectivity index (χ1n) is 6.78. The lowest BCUT2D eigenvalue weighted by Gasteiger charge is -2.13. The Labute approximate surface area is 110 Å². The molecule has 2 heterocycles. The van der Waals surface area contributed by atoms with Gasteiger partial charge in [-0.05, 0) is 43.6 Å². The van der Waals surface area contributed by atoms with Crippen molar-refractivity contribution in [3.63, 3.8) is 0 Å². The second-order valence-electron chi connectivity index (χ2n) is 5.25. The summed E-state index contributed by atoms with van der Waals surface area (Å²) in [5, 5.41) is 0. The fourth-order valence-corrected chi connectivity index (χ4v) is 2.91. The molecule has 0 aliphatic carbocycles. The topological polar surface area (TPSA) is 41.0 Å². The predicted molar refractivity (Wildman–Crippen MR) is 72.7 cm³/mol. The number of nitrogens with zero attached hydrogens (tertiary/aromatic N) is 2. The van der Waals surface area contributed by atoms with E-state index in [0.717, 1.165) is 26.1 Å². The van der Waals surface area contributed by atoms with Gasteiger partial charge in [0, 0.05) is 13.1 Å². The van der Waals surface area contributed by atoms with Gasteiger partial charge in [-0.2, -0.15) is 0 Å². The van der Waals surface area contributed by atoms with Gasteiger partial charge < -0.3 is 9.88 Å². The second-order valence-corrected chi connectivity index (χ2v) is 5.25. The van der Waals surface area contributed by atoms with Crippen LogP contribution < -0.4 is 5.69 Å². The number of benzene rings is 1. The highest BCUT2D eigenvalue weighted by Gasteiger charge is 2.22. The van der Waals surface area contributed by atoms with Crippen LogP contribution in [0.2, 0.25) is 0 Å². The van der Waals surface area contributed by atoms with E-state index in [9.17, 15) is 9.18 Å². The Hall–Kier alpha value is -1.62. The van der Waals surface area contributed by atoms with Gasteiger partial charge in [-0.3, -0.25) is 4.57 Å². The van der Waals surface area contributed by atoms with Gasteiger partial charge in [0.25, 0.3) is 0 Å². The van der Waals surface area contributed by atoms with Crippen molar-refractivity contribution in [3.8, 4) is 0 Å². The first kappa shape index (κ1) is 12.4. The molecule has 1 aromatic carbocycles. The predicted octanol–water partition coefficient (Wildman–Crippen LogP) is 1.81. The third-order valence-corrected chi connectivity index (χ3v) is 4.00. The van der Waals surface area contributed by atoms with E-state index < -0.39 is 0 Å². The van der Waals surface area contributed by atoms with Crippen molar-refractivity contribution in [2.45, 2.75) is 19.9 Å². The summed E-state index contributed by atoms with van der Waals surface area (Å²) in [5.74, 6) is 0.168. The van der Waals surface area contributed by atoms with Crippen LogP contribution in [-0.4, -0.2) is 34.1 Å². The molecule has 1 aliphatic heterocycles. The van der Waals surface area contributed by atoms with E-state index in [4.69, 9.17) is 0 Å². The molecular formula is C14H18FN3O. The number of hydrogen-bond acceptors (Lipinski definition) is 2. The van der Waals surface area contributed by atoms with Crippen molar-refractivity contribution >= 4 is 11.0 Å². The number of halogens is 1. The molecule has 102 valence electrons. The van der Waals surface area contributed by atoms with Gasteiger partial charge >= 0.3 is 5.69 Å². The summed E-state index contributed by atoms with van der Waals surface area (Å²) in [6, 6.07) is 4.42. The molecule has 4 nitrogen and oxygen atoms in total. The molecule has 1 unspecified atom stereocenters. The third kappa shape index (κ3) is 2.30. The molecule has 2 aromatic rings. The molecule has 0 radical (unpaired) electrons. The van der Waals surface area contributed by atoms with Crippen molar-refractivity contribution in [2.24, 2.45) is 5.92 Å². The summed E-state index contributed by atoms with van der Waals surface area (Å²) in [6.07, 6.45) is 1.10.